The SMILES string of the molecule is Cc1nn(-c2ccccc2)c2c1C(c1cccnc1)c1c(ncn3nc(-c4ccccc4Cl)nc13)O2. The summed E-state index contributed by atoms with van der Waals surface area (Å²) in [4.78, 5) is 13.9. The molecular weight excluding hydrogens is 474 g/mol. The predicted molar refractivity (Wildman–Crippen MR) is 135 cm³/mol. The number of nitrogens with zero attached hydrogens (tertiary/aromatic N) is 7. The third-order valence-electron chi connectivity index (χ3n) is 6.35. The van der Waals surface area contributed by atoms with Crippen LogP contribution in [-0.2, 0) is 0 Å². The van der Waals surface area contributed by atoms with Gasteiger partial charge in [0.05, 0.1) is 33.4 Å². The third-order valence-corrected chi connectivity index (χ3v) is 6.68. The van der Waals surface area contributed by atoms with Gasteiger partial charge in [-0.15, -0.1) is 5.10 Å². The normalized spacial score (nSPS) is 14.3. The van der Waals surface area contributed by atoms with Gasteiger partial charge in [-0.3, -0.25) is 4.98 Å². The fraction of sp³-hybridized carbons (Fsp3) is 0.0741. The molecule has 6 aromatic rings. The first-order chi connectivity index (χ1) is 17.7. The molecule has 1 unspecified atom stereocenters. The van der Waals surface area contributed by atoms with E-state index in [9.17, 15) is 0 Å². The van der Waals surface area contributed by atoms with Crippen molar-refractivity contribution in [3.05, 3.63) is 113 Å². The van der Waals surface area contributed by atoms with Gasteiger partial charge in [0.25, 0.3) is 0 Å². The van der Waals surface area contributed by atoms with Crippen LogP contribution in [0, 0.1) is 6.92 Å². The van der Waals surface area contributed by atoms with Crippen molar-refractivity contribution in [1.82, 2.24) is 34.3 Å². The summed E-state index contributed by atoms with van der Waals surface area (Å²) in [6.45, 7) is 1.99. The molecule has 1 atom stereocenters. The van der Waals surface area contributed by atoms with Gasteiger partial charge < -0.3 is 4.74 Å². The van der Waals surface area contributed by atoms with E-state index in [4.69, 9.17) is 26.4 Å². The van der Waals surface area contributed by atoms with Gasteiger partial charge in [0.15, 0.2) is 11.5 Å². The van der Waals surface area contributed by atoms with Gasteiger partial charge in [-0.1, -0.05) is 48.0 Å². The third kappa shape index (κ3) is 3.11. The minimum absolute atomic E-state index is 0.255. The molecule has 7 rings (SSSR count). The molecule has 0 saturated carbocycles. The van der Waals surface area contributed by atoms with E-state index in [0.29, 0.717) is 28.3 Å². The van der Waals surface area contributed by atoms with Crippen molar-refractivity contribution < 1.29 is 4.74 Å². The second-order valence-corrected chi connectivity index (χ2v) is 8.93. The van der Waals surface area contributed by atoms with Crippen LogP contribution in [0.3, 0.4) is 0 Å². The lowest BCUT2D eigenvalue weighted by molar-refractivity contribution is 0.402. The van der Waals surface area contributed by atoms with E-state index in [1.165, 1.54) is 0 Å². The second kappa shape index (κ2) is 8.00. The maximum Gasteiger partial charge on any atom is 0.230 e. The number of aryl methyl sites for hydroxylation is 1. The Morgan fingerprint density at radius 3 is 2.56 bits per heavy atom. The quantitative estimate of drug-likeness (QED) is 0.319. The standard InChI is InChI=1S/C27H18ClN7O/c1-16-21-22(17-8-7-13-29-14-17)23-25-31-24(19-11-5-6-12-20(19)28)33-34(25)15-30-26(23)36-27(21)35(32-16)18-9-3-2-4-10-18/h2-15,22H,1H3. The highest BCUT2D eigenvalue weighted by molar-refractivity contribution is 6.33. The topological polar surface area (TPSA) is 83.0 Å². The van der Waals surface area contributed by atoms with Gasteiger partial charge in [-0.05, 0) is 42.8 Å². The molecule has 174 valence electrons. The molecule has 1 aliphatic heterocycles. The van der Waals surface area contributed by atoms with Crippen LogP contribution < -0.4 is 4.74 Å². The zero-order chi connectivity index (χ0) is 24.2. The molecule has 0 N–H and O–H groups in total. The highest BCUT2D eigenvalue weighted by Gasteiger charge is 2.38. The van der Waals surface area contributed by atoms with E-state index >= 15 is 0 Å². The zero-order valence-corrected chi connectivity index (χ0v) is 19.8. The van der Waals surface area contributed by atoms with E-state index in [1.54, 1.807) is 17.0 Å². The first kappa shape index (κ1) is 20.8. The van der Waals surface area contributed by atoms with Crippen molar-refractivity contribution in [2.75, 3.05) is 0 Å². The number of aromatic nitrogens is 7. The van der Waals surface area contributed by atoms with Crippen molar-refractivity contribution in [2.24, 2.45) is 0 Å². The molecular formula is C27H18ClN7O. The van der Waals surface area contributed by atoms with E-state index in [0.717, 1.165) is 33.6 Å². The Morgan fingerprint density at radius 2 is 1.75 bits per heavy atom. The summed E-state index contributed by atoms with van der Waals surface area (Å²) in [6.07, 6.45) is 5.23. The predicted octanol–water partition coefficient (Wildman–Crippen LogP) is 5.62. The van der Waals surface area contributed by atoms with Crippen molar-refractivity contribution in [2.45, 2.75) is 12.8 Å². The van der Waals surface area contributed by atoms with Crippen LogP contribution in [0.1, 0.15) is 28.3 Å². The van der Waals surface area contributed by atoms with Gasteiger partial charge in [-0.2, -0.15) is 5.10 Å². The number of benzene rings is 2. The first-order valence-electron chi connectivity index (χ1n) is 11.4. The maximum atomic E-state index is 6.45. The van der Waals surface area contributed by atoms with E-state index < -0.39 is 0 Å². The molecule has 2 aromatic carbocycles. The minimum atomic E-state index is -0.255. The van der Waals surface area contributed by atoms with Crippen LogP contribution in [0.2, 0.25) is 5.02 Å². The Morgan fingerprint density at radius 1 is 0.917 bits per heavy atom. The largest absolute Gasteiger partial charge is 0.420 e. The van der Waals surface area contributed by atoms with Crippen molar-refractivity contribution in [3.8, 4) is 28.8 Å². The van der Waals surface area contributed by atoms with Crippen LogP contribution in [0.25, 0.3) is 22.7 Å². The molecule has 0 saturated heterocycles. The van der Waals surface area contributed by atoms with Gasteiger partial charge in [0, 0.05) is 18.0 Å². The van der Waals surface area contributed by atoms with E-state index in [2.05, 4.69) is 15.1 Å². The van der Waals surface area contributed by atoms with Crippen LogP contribution in [0.5, 0.6) is 11.8 Å². The summed E-state index contributed by atoms with van der Waals surface area (Å²) in [5.74, 6) is 1.35. The number of ether oxygens (including phenoxy) is 1. The zero-order valence-electron chi connectivity index (χ0n) is 19.1. The Kier molecular flexibility index (Phi) is 4.62. The highest BCUT2D eigenvalue weighted by atomic mass is 35.5. The molecule has 0 aliphatic carbocycles. The maximum absolute atomic E-state index is 6.45. The van der Waals surface area contributed by atoms with Crippen molar-refractivity contribution in [3.63, 3.8) is 0 Å². The lowest BCUT2D eigenvalue weighted by atomic mass is 9.85. The van der Waals surface area contributed by atoms with Gasteiger partial charge in [0.1, 0.15) is 6.33 Å². The molecule has 8 nitrogen and oxygen atoms in total. The number of hydrogen-bond acceptors (Lipinski definition) is 6. The molecule has 0 radical (unpaired) electrons. The van der Waals surface area contributed by atoms with Crippen LogP contribution in [0.15, 0.2) is 85.5 Å². The molecule has 4 aromatic heterocycles. The number of pyridine rings is 1. The number of halogens is 1. The first-order valence-corrected chi connectivity index (χ1v) is 11.8. The van der Waals surface area contributed by atoms with E-state index in [-0.39, 0.29) is 5.92 Å². The Labute approximate surface area is 210 Å². The van der Waals surface area contributed by atoms with Gasteiger partial charge in [-0.25, -0.2) is 19.2 Å². The smallest absolute Gasteiger partial charge is 0.230 e. The molecule has 0 spiro atoms. The lowest BCUT2D eigenvalue weighted by Gasteiger charge is -2.26. The van der Waals surface area contributed by atoms with Crippen molar-refractivity contribution >= 4 is 17.2 Å². The Bertz CT molecular complexity index is 1750. The molecule has 1 aliphatic rings. The fourth-order valence-electron chi connectivity index (χ4n) is 4.76. The van der Waals surface area contributed by atoms with Crippen LogP contribution in [-0.4, -0.2) is 34.3 Å². The second-order valence-electron chi connectivity index (χ2n) is 8.52. The number of rotatable bonds is 3. The van der Waals surface area contributed by atoms with Gasteiger partial charge >= 0.3 is 0 Å². The number of hydrogen-bond donors (Lipinski definition) is 0. The lowest BCUT2D eigenvalue weighted by Crippen LogP contribution is -2.16. The summed E-state index contributed by atoms with van der Waals surface area (Å²) >= 11 is 6.45. The molecule has 36 heavy (non-hydrogen) atoms. The Hall–Kier alpha value is -4.56. The molecule has 0 amide bonds. The molecule has 0 fully saturated rings. The summed E-state index contributed by atoms with van der Waals surface area (Å²) in [5.41, 5.74) is 5.87. The summed E-state index contributed by atoms with van der Waals surface area (Å²) in [7, 11) is 0. The Balaban J connectivity index is 1.50. The summed E-state index contributed by atoms with van der Waals surface area (Å²) < 4.78 is 9.94. The van der Waals surface area contributed by atoms with Gasteiger partial charge in [0.2, 0.25) is 11.8 Å². The van der Waals surface area contributed by atoms with Crippen LogP contribution in [0.4, 0.5) is 0 Å². The van der Waals surface area contributed by atoms with Crippen molar-refractivity contribution in [1.29, 1.82) is 0 Å². The molecule has 0 bridgehead atoms. The minimum Gasteiger partial charge on any atom is -0.420 e. The number of fused-ring (bicyclic) bond motifs is 4. The summed E-state index contributed by atoms with van der Waals surface area (Å²) in [6, 6.07) is 21.4. The number of para-hydroxylation sites is 1. The van der Waals surface area contributed by atoms with Crippen LogP contribution >= 0.6 is 11.6 Å². The summed E-state index contributed by atoms with van der Waals surface area (Å²) in [5, 5.41) is 10.1. The monoisotopic (exact) mass is 491 g/mol. The van der Waals surface area contributed by atoms with E-state index in [1.807, 2.05) is 84.5 Å². The molecule has 9 heteroatoms. The molecule has 5 heterocycles. The average Bonchev–Trinajstić information content (AvgIpc) is 3.50. The highest BCUT2D eigenvalue weighted by Crippen LogP contribution is 2.49. The average molecular weight is 492 g/mol. The fourth-order valence-corrected chi connectivity index (χ4v) is 4.98.